The van der Waals surface area contributed by atoms with Gasteiger partial charge >= 0.3 is 0 Å². The minimum Gasteiger partial charge on any atom is -0.497 e. The van der Waals surface area contributed by atoms with Crippen molar-refractivity contribution in [2.45, 2.75) is 65.6 Å². The molecule has 1 saturated heterocycles. The largest absolute Gasteiger partial charge is 0.497 e. The Hall–Kier alpha value is -3.81. The SMILES string of the molecule is COc1ccc([C@@H](C)N2CC([C@@H](C)Oc3cc(-c4cnn(C(C)(C)C)c4)cn4nc(C)cc34)CC2=O)cc1. The molecule has 0 radical (unpaired) electrons. The van der Waals surface area contributed by atoms with Crippen LogP contribution in [0.15, 0.2) is 55.0 Å². The molecular formula is C30H37N5O3. The number of rotatable bonds is 7. The molecular weight excluding hydrogens is 478 g/mol. The number of hydrogen-bond donors (Lipinski definition) is 0. The van der Waals surface area contributed by atoms with E-state index in [2.05, 4.69) is 57.1 Å². The van der Waals surface area contributed by atoms with E-state index in [-0.39, 0.29) is 29.5 Å². The lowest BCUT2D eigenvalue weighted by molar-refractivity contribution is -0.129. The average Bonchev–Trinajstić information content (AvgIpc) is 3.61. The van der Waals surface area contributed by atoms with Crippen molar-refractivity contribution in [3.05, 3.63) is 66.2 Å². The molecule has 4 aromatic rings. The highest BCUT2D eigenvalue weighted by Crippen LogP contribution is 2.34. The van der Waals surface area contributed by atoms with E-state index in [4.69, 9.17) is 9.47 Å². The molecule has 5 rings (SSSR count). The van der Waals surface area contributed by atoms with Crippen LogP contribution in [0.5, 0.6) is 11.5 Å². The van der Waals surface area contributed by atoms with Crippen LogP contribution in [0.4, 0.5) is 0 Å². The number of carbonyl (C=O) groups is 1. The van der Waals surface area contributed by atoms with Crippen molar-refractivity contribution >= 4 is 11.4 Å². The molecule has 0 aliphatic carbocycles. The lowest BCUT2D eigenvalue weighted by Gasteiger charge is -2.27. The second kappa shape index (κ2) is 9.82. The van der Waals surface area contributed by atoms with Gasteiger partial charge in [0.25, 0.3) is 0 Å². The summed E-state index contributed by atoms with van der Waals surface area (Å²) in [5, 5.41) is 9.22. The molecule has 0 N–H and O–H groups in total. The van der Waals surface area contributed by atoms with Crippen molar-refractivity contribution in [2.75, 3.05) is 13.7 Å². The molecule has 8 heteroatoms. The predicted molar refractivity (Wildman–Crippen MR) is 147 cm³/mol. The molecule has 3 atom stereocenters. The summed E-state index contributed by atoms with van der Waals surface area (Å²) in [4.78, 5) is 15.0. The molecule has 200 valence electrons. The van der Waals surface area contributed by atoms with Gasteiger partial charge in [-0.2, -0.15) is 10.2 Å². The first-order valence-electron chi connectivity index (χ1n) is 13.2. The Labute approximate surface area is 224 Å². The maximum atomic E-state index is 13.0. The van der Waals surface area contributed by atoms with Crippen LogP contribution in [-0.4, -0.2) is 50.0 Å². The van der Waals surface area contributed by atoms with Gasteiger partial charge in [0.2, 0.25) is 5.91 Å². The number of nitrogens with zero attached hydrogens (tertiary/aromatic N) is 5. The summed E-state index contributed by atoms with van der Waals surface area (Å²) in [6.45, 7) is 13.1. The normalized spacial score (nSPS) is 17.7. The first-order valence-corrected chi connectivity index (χ1v) is 13.2. The van der Waals surface area contributed by atoms with Gasteiger partial charge in [0.15, 0.2) is 0 Å². The number of ether oxygens (including phenoxy) is 2. The van der Waals surface area contributed by atoms with E-state index >= 15 is 0 Å². The number of carbonyl (C=O) groups excluding carboxylic acids is 1. The molecule has 1 amide bonds. The third-order valence-corrected chi connectivity index (χ3v) is 7.49. The zero-order valence-corrected chi connectivity index (χ0v) is 23.3. The molecule has 8 nitrogen and oxygen atoms in total. The Morgan fingerprint density at radius 1 is 1.05 bits per heavy atom. The summed E-state index contributed by atoms with van der Waals surface area (Å²) in [5.74, 6) is 1.80. The zero-order chi connectivity index (χ0) is 27.2. The molecule has 4 heterocycles. The smallest absolute Gasteiger partial charge is 0.223 e. The van der Waals surface area contributed by atoms with Crippen LogP contribution in [0.25, 0.3) is 16.6 Å². The van der Waals surface area contributed by atoms with Crippen molar-refractivity contribution in [1.82, 2.24) is 24.3 Å². The van der Waals surface area contributed by atoms with Crippen LogP contribution in [0, 0.1) is 12.8 Å². The van der Waals surface area contributed by atoms with Crippen LogP contribution in [-0.2, 0) is 10.3 Å². The van der Waals surface area contributed by atoms with Gasteiger partial charge in [0, 0.05) is 42.4 Å². The highest BCUT2D eigenvalue weighted by atomic mass is 16.5. The number of amides is 1. The van der Waals surface area contributed by atoms with Gasteiger partial charge < -0.3 is 14.4 Å². The minimum absolute atomic E-state index is 0.0162. The van der Waals surface area contributed by atoms with Gasteiger partial charge in [0.1, 0.15) is 23.1 Å². The quantitative estimate of drug-likeness (QED) is 0.318. The first kappa shape index (κ1) is 25.8. The fourth-order valence-corrected chi connectivity index (χ4v) is 5.08. The molecule has 0 saturated carbocycles. The van der Waals surface area contributed by atoms with E-state index in [1.54, 1.807) is 7.11 Å². The van der Waals surface area contributed by atoms with Crippen LogP contribution in [0.1, 0.15) is 58.3 Å². The first-order chi connectivity index (χ1) is 18.0. The van der Waals surface area contributed by atoms with Gasteiger partial charge in [-0.25, -0.2) is 4.52 Å². The maximum absolute atomic E-state index is 13.0. The number of hydrogen-bond acceptors (Lipinski definition) is 5. The number of aromatic nitrogens is 4. The molecule has 38 heavy (non-hydrogen) atoms. The Bertz CT molecular complexity index is 1450. The summed E-state index contributed by atoms with van der Waals surface area (Å²) in [7, 11) is 1.65. The Balaban J connectivity index is 1.37. The number of fused-ring (bicyclic) bond motifs is 1. The summed E-state index contributed by atoms with van der Waals surface area (Å²) in [6, 6.07) is 12.0. The molecule has 1 aromatic carbocycles. The topological polar surface area (TPSA) is 73.9 Å². The van der Waals surface area contributed by atoms with Crippen molar-refractivity contribution < 1.29 is 14.3 Å². The number of aryl methyl sites for hydroxylation is 1. The Morgan fingerprint density at radius 3 is 2.45 bits per heavy atom. The summed E-state index contributed by atoms with van der Waals surface area (Å²) in [5.41, 5.74) is 4.80. The van der Waals surface area contributed by atoms with Crippen LogP contribution >= 0.6 is 0 Å². The second-order valence-corrected chi connectivity index (χ2v) is 11.3. The van der Waals surface area contributed by atoms with E-state index < -0.39 is 0 Å². The number of benzene rings is 1. The van der Waals surface area contributed by atoms with Gasteiger partial charge in [-0.1, -0.05) is 12.1 Å². The second-order valence-electron chi connectivity index (χ2n) is 11.3. The third kappa shape index (κ3) is 4.99. The van der Waals surface area contributed by atoms with Gasteiger partial charge in [-0.15, -0.1) is 0 Å². The Morgan fingerprint density at radius 2 is 1.79 bits per heavy atom. The summed E-state index contributed by atoms with van der Waals surface area (Å²) >= 11 is 0. The van der Waals surface area contributed by atoms with E-state index in [1.807, 2.05) is 63.7 Å². The van der Waals surface area contributed by atoms with Crippen molar-refractivity contribution in [2.24, 2.45) is 5.92 Å². The highest BCUT2D eigenvalue weighted by Gasteiger charge is 2.37. The van der Waals surface area contributed by atoms with E-state index in [0.29, 0.717) is 13.0 Å². The maximum Gasteiger partial charge on any atom is 0.223 e. The summed E-state index contributed by atoms with van der Waals surface area (Å²) in [6.07, 6.45) is 6.26. The highest BCUT2D eigenvalue weighted by molar-refractivity contribution is 5.79. The molecule has 1 unspecified atom stereocenters. The third-order valence-electron chi connectivity index (χ3n) is 7.49. The molecule has 0 bridgehead atoms. The lowest BCUT2D eigenvalue weighted by Crippen LogP contribution is -2.31. The van der Waals surface area contributed by atoms with Crippen LogP contribution in [0.3, 0.4) is 0 Å². The van der Waals surface area contributed by atoms with E-state index in [0.717, 1.165) is 39.4 Å². The summed E-state index contributed by atoms with van der Waals surface area (Å²) < 4.78 is 15.7. The monoisotopic (exact) mass is 515 g/mol. The van der Waals surface area contributed by atoms with Gasteiger partial charge in [-0.05, 0) is 71.4 Å². The fourth-order valence-electron chi connectivity index (χ4n) is 5.08. The van der Waals surface area contributed by atoms with E-state index in [1.165, 1.54) is 0 Å². The van der Waals surface area contributed by atoms with E-state index in [9.17, 15) is 4.79 Å². The predicted octanol–water partition coefficient (Wildman–Crippen LogP) is 5.65. The number of methoxy groups -OCH3 is 1. The van der Waals surface area contributed by atoms with Gasteiger partial charge in [-0.3, -0.25) is 9.48 Å². The number of pyridine rings is 1. The standard InChI is InChI=1S/C30H37N5O3/c1-19-12-27-28(13-24(17-34(27)32-19)25-15-31-35(18-25)30(4,5)6)38-21(3)23-14-29(36)33(16-23)20(2)22-8-10-26(37-7)11-9-22/h8-13,15,17-18,20-21,23H,14,16H2,1-7H3/t20-,21-,23?/m1/s1. The molecule has 3 aromatic heterocycles. The number of likely N-dealkylation sites (tertiary alicyclic amines) is 1. The van der Waals surface area contributed by atoms with Gasteiger partial charge in [0.05, 0.1) is 30.6 Å². The zero-order valence-electron chi connectivity index (χ0n) is 23.3. The van der Waals surface area contributed by atoms with Crippen LogP contribution in [0.2, 0.25) is 0 Å². The van der Waals surface area contributed by atoms with Crippen LogP contribution < -0.4 is 9.47 Å². The molecule has 1 aliphatic rings. The molecule has 1 fully saturated rings. The lowest BCUT2D eigenvalue weighted by atomic mass is 10.0. The van der Waals surface area contributed by atoms with Crippen molar-refractivity contribution in [3.63, 3.8) is 0 Å². The van der Waals surface area contributed by atoms with Crippen molar-refractivity contribution in [1.29, 1.82) is 0 Å². The molecule has 0 spiro atoms. The average molecular weight is 516 g/mol. The Kier molecular flexibility index (Phi) is 6.67. The fraction of sp³-hybridized carbons (Fsp3) is 0.433. The van der Waals surface area contributed by atoms with Crippen molar-refractivity contribution in [3.8, 4) is 22.6 Å². The minimum atomic E-state index is -0.154. The molecule has 1 aliphatic heterocycles.